The molecule has 0 radical (unpaired) electrons. The minimum atomic E-state index is -1.24. The standard InChI is InChI=1S/C17H17N3O4/c1-2-11-24-14-5-3-12(4-6-14)15(17(22)23)19-20-16(21)13-7-9-18-10-8-13/h3-10H,2,11H2,1H3,(H,20,21)(H,22,23). The molecule has 1 amide bonds. The number of hydrogen-bond acceptors (Lipinski definition) is 5. The molecule has 1 aromatic carbocycles. The maximum atomic E-state index is 11.9. The second kappa shape index (κ2) is 8.42. The minimum absolute atomic E-state index is 0.264. The molecule has 2 aromatic rings. The average Bonchev–Trinajstić information content (AvgIpc) is 2.61. The summed E-state index contributed by atoms with van der Waals surface area (Å²) in [6.45, 7) is 2.58. The Hall–Kier alpha value is -3.22. The number of nitrogens with zero attached hydrogens (tertiary/aromatic N) is 2. The first-order valence-electron chi connectivity index (χ1n) is 7.36. The van der Waals surface area contributed by atoms with Crippen molar-refractivity contribution >= 4 is 17.6 Å². The Morgan fingerprint density at radius 2 is 1.79 bits per heavy atom. The average molecular weight is 327 g/mol. The van der Waals surface area contributed by atoms with Crippen LogP contribution in [0.5, 0.6) is 5.75 Å². The second-order valence-electron chi connectivity index (χ2n) is 4.82. The van der Waals surface area contributed by atoms with Crippen LogP contribution in [0.25, 0.3) is 0 Å². The summed E-state index contributed by atoms with van der Waals surface area (Å²) < 4.78 is 5.44. The van der Waals surface area contributed by atoms with Gasteiger partial charge in [-0.05, 0) is 42.8 Å². The molecule has 0 aliphatic rings. The number of carboxylic acid groups (broad SMARTS) is 1. The molecule has 1 heterocycles. The van der Waals surface area contributed by atoms with Crippen molar-refractivity contribution in [3.8, 4) is 5.75 Å². The van der Waals surface area contributed by atoms with Gasteiger partial charge >= 0.3 is 5.97 Å². The number of aromatic nitrogens is 1. The predicted octanol–water partition coefficient (Wildman–Crippen LogP) is 2.09. The van der Waals surface area contributed by atoms with Gasteiger partial charge in [0, 0.05) is 23.5 Å². The van der Waals surface area contributed by atoms with Crippen LogP contribution < -0.4 is 10.2 Å². The van der Waals surface area contributed by atoms with Gasteiger partial charge in [0.05, 0.1) is 6.61 Å². The second-order valence-corrected chi connectivity index (χ2v) is 4.82. The van der Waals surface area contributed by atoms with E-state index in [0.29, 0.717) is 23.5 Å². The Labute approximate surface area is 139 Å². The molecule has 1 aromatic heterocycles. The zero-order chi connectivity index (χ0) is 17.4. The SMILES string of the molecule is CCCOc1ccc(C(=NNC(=O)c2ccncc2)C(=O)O)cc1. The van der Waals surface area contributed by atoms with Crippen LogP contribution in [-0.2, 0) is 4.79 Å². The first kappa shape index (κ1) is 17.1. The highest BCUT2D eigenvalue weighted by Crippen LogP contribution is 2.13. The molecule has 0 saturated carbocycles. The lowest BCUT2D eigenvalue weighted by atomic mass is 10.1. The summed E-state index contributed by atoms with van der Waals surface area (Å²) in [5.41, 5.74) is 2.67. The summed E-state index contributed by atoms with van der Waals surface area (Å²) in [6, 6.07) is 9.49. The van der Waals surface area contributed by atoms with Crippen LogP contribution in [0.2, 0.25) is 0 Å². The van der Waals surface area contributed by atoms with Gasteiger partial charge in [-0.25, -0.2) is 10.2 Å². The Balaban J connectivity index is 2.14. The molecule has 124 valence electrons. The fraction of sp³-hybridized carbons (Fsp3) is 0.176. The smallest absolute Gasteiger partial charge is 0.356 e. The number of carbonyl (C=O) groups excluding carboxylic acids is 1. The Bertz CT molecular complexity index is 727. The zero-order valence-electron chi connectivity index (χ0n) is 13.1. The minimum Gasteiger partial charge on any atom is -0.494 e. The number of hydrazone groups is 1. The van der Waals surface area contributed by atoms with Crippen LogP contribution in [0.3, 0.4) is 0 Å². The van der Waals surface area contributed by atoms with E-state index >= 15 is 0 Å². The van der Waals surface area contributed by atoms with Gasteiger partial charge < -0.3 is 9.84 Å². The number of ether oxygens (including phenoxy) is 1. The summed E-state index contributed by atoms with van der Waals surface area (Å²) >= 11 is 0. The van der Waals surface area contributed by atoms with Crippen molar-refractivity contribution < 1.29 is 19.4 Å². The molecule has 0 aliphatic carbocycles. The first-order chi connectivity index (χ1) is 11.6. The van der Waals surface area contributed by atoms with Crippen molar-refractivity contribution in [2.45, 2.75) is 13.3 Å². The number of benzene rings is 1. The molecular weight excluding hydrogens is 310 g/mol. The monoisotopic (exact) mass is 327 g/mol. The third-order valence-electron chi connectivity index (χ3n) is 3.01. The molecule has 0 atom stereocenters. The van der Waals surface area contributed by atoms with Crippen molar-refractivity contribution in [1.82, 2.24) is 10.4 Å². The van der Waals surface area contributed by atoms with E-state index in [1.54, 1.807) is 24.3 Å². The van der Waals surface area contributed by atoms with Crippen molar-refractivity contribution in [3.05, 3.63) is 59.9 Å². The molecule has 0 spiro atoms. The lowest BCUT2D eigenvalue weighted by Gasteiger charge is -2.06. The van der Waals surface area contributed by atoms with Gasteiger partial charge in [0.1, 0.15) is 5.75 Å². The van der Waals surface area contributed by atoms with E-state index in [1.807, 2.05) is 6.92 Å². The van der Waals surface area contributed by atoms with Crippen LogP contribution in [0.4, 0.5) is 0 Å². The van der Waals surface area contributed by atoms with E-state index in [4.69, 9.17) is 4.74 Å². The Morgan fingerprint density at radius 1 is 1.12 bits per heavy atom. The van der Waals surface area contributed by atoms with E-state index < -0.39 is 11.9 Å². The number of aliphatic carboxylic acids is 1. The van der Waals surface area contributed by atoms with E-state index in [-0.39, 0.29) is 5.71 Å². The van der Waals surface area contributed by atoms with Crippen LogP contribution in [0.15, 0.2) is 53.9 Å². The Morgan fingerprint density at radius 3 is 2.38 bits per heavy atom. The number of amides is 1. The summed E-state index contributed by atoms with van der Waals surface area (Å²) in [5, 5.41) is 13.0. The van der Waals surface area contributed by atoms with Gasteiger partial charge in [-0.3, -0.25) is 9.78 Å². The number of nitrogens with one attached hydrogen (secondary N) is 1. The predicted molar refractivity (Wildman–Crippen MR) is 88.1 cm³/mol. The molecule has 24 heavy (non-hydrogen) atoms. The molecule has 0 unspecified atom stereocenters. The fourth-order valence-corrected chi connectivity index (χ4v) is 1.84. The molecule has 0 fully saturated rings. The summed E-state index contributed by atoms with van der Waals surface area (Å²) in [4.78, 5) is 27.1. The summed E-state index contributed by atoms with van der Waals surface area (Å²) in [5.74, 6) is -1.11. The summed E-state index contributed by atoms with van der Waals surface area (Å²) in [6.07, 6.45) is 3.81. The topological polar surface area (TPSA) is 101 Å². The van der Waals surface area contributed by atoms with Gasteiger partial charge in [0.25, 0.3) is 5.91 Å². The number of pyridine rings is 1. The third-order valence-corrected chi connectivity index (χ3v) is 3.01. The molecule has 7 heteroatoms. The number of hydrogen-bond donors (Lipinski definition) is 2. The van der Waals surface area contributed by atoms with Gasteiger partial charge in [0.2, 0.25) is 0 Å². The largest absolute Gasteiger partial charge is 0.494 e. The zero-order valence-corrected chi connectivity index (χ0v) is 13.1. The molecule has 0 aliphatic heterocycles. The first-order valence-corrected chi connectivity index (χ1v) is 7.36. The van der Waals surface area contributed by atoms with Crippen LogP contribution >= 0.6 is 0 Å². The molecule has 2 N–H and O–H groups in total. The van der Waals surface area contributed by atoms with Crippen LogP contribution in [0.1, 0.15) is 29.3 Å². The van der Waals surface area contributed by atoms with Crippen molar-refractivity contribution in [1.29, 1.82) is 0 Å². The normalized spacial score (nSPS) is 11.0. The molecule has 2 rings (SSSR count). The van der Waals surface area contributed by atoms with E-state index in [2.05, 4.69) is 15.5 Å². The molecule has 7 nitrogen and oxygen atoms in total. The highest BCUT2D eigenvalue weighted by molar-refractivity contribution is 6.42. The van der Waals surface area contributed by atoms with Gasteiger partial charge in [-0.15, -0.1) is 0 Å². The number of carbonyl (C=O) groups is 2. The Kier molecular flexibility index (Phi) is 6.01. The lowest BCUT2D eigenvalue weighted by Crippen LogP contribution is -2.24. The highest BCUT2D eigenvalue weighted by Gasteiger charge is 2.14. The number of rotatable bonds is 7. The van der Waals surface area contributed by atoms with Gasteiger partial charge in [-0.2, -0.15) is 5.10 Å². The molecule has 0 bridgehead atoms. The van der Waals surface area contributed by atoms with Gasteiger partial charge in [0.15, 0.2) is 5.71 Å². The number of carboxylic acids is 1. The quantitative estimate of drug-likeness (QED) is 0.599. The van der Waals surface area contributed by atoms with Gasteiger partial charge in [-0.1, -0.05) is 6.92 Å². The van der Waals surface area contributed by atoms with Crippen molar-refractivity contribution in [2.75, 3.05) is 6.61 Å². The van der Waals surface area contributed by atoms with E-state index in [0.717, 1.165) is 6.42 Å². The van der Waals surface area contributed by atoms with E-state index in [1.165, 1.54) is 24.5 Å². The third kappa shape index (κ3) is 4.64. The maximum Gasteiger partial charge on any atom is 0.356 e. The molecular formula is C17H17N3O4. The maximum absolute atomic E-state index is 11.9. The highest BCUT2D eigenvalue weighted by atomic mass is 16.5. The van der Waals surface area contributed by atoms with Crippen LogP contribution in [-0.4, -0.2) is 34.3 Å². The lowest BCUT2D eigenvalue weighted by molar-refractivity contribution is -0.129. The van der Waals surface area contributed by atoms with Crippen molar-refractivity contribution in [2.24, 2.45) is 5.10 Å². The van der Waals surface area contributed by atoms with E-state index in [9.17, 15) is 14.7 Å². The van der Waals surface area contributed by atoms with Crippen molar-refractivity contribution in [3.63, 3.8) is 0 Å². The molecule has 0 saturated heterocycles. The fourth-order valence-electron chi connectivity index (χ4n) is 1.84. The van der Waals surface area contributed by atoms with Crippen LogP contribution in [0, 0.1) is 0 Å². The summed E-state index contributed by atoms with van der Waals surface area (Å²) in [7, 11) is 0.